The molecule has 1 aliphatic carbocycles. The van der Waals surface area contributed by atoms with Crippen molar-refractivity contribution in [2.45, 2.75) is 25.0 Å². The van der Waals surface area contributed by atoms with E-state index in [4.69, 9.17) is 4.74 Å². The molecule has 4 atom stereocenters. The van der Waals surface area contributed by atoms with E-state index in [9.17, 15) is 9.59 Å². The van der Waals surface area contributed by atoms with Gasteiger partial charge in [0.05, 0.1) is 24.0 Å². The Morgan fingerprint density at radius 1 is 1.15 bits per heavy atom. The predicted molar refractivity (Wildman–Crippen MR) is 42.7 cm³/mol. The maximum atomic E-state index is 11.6. The van der Waals surface area contributed by atoms with Crippen LogP contribution >= 0.6 is 0 Å². The summed E-state index contributed by atoms with van der Waals surface area (Å²) >= 11 is 0. The molecule has 3 fully saturated rings. The van der Waals surface area contributed by atoms with Crippen molar-refractivity contribution >= 4 is 11.8 Å². The second-order valence-electron chi connectivity index (χ2n) is 4.13. The molecule has 3 aliphatic rings. The lowest BCUT2D eigenvalue weighted by molar-refractivity contribution is -0.138. The van der Waals surface area contributed by atoms with Crippen molar-refractivity contribution in [3.05, 3.63) is 0 Å². The maximum absolute atomic E-state index is 11.6. The van der Waals surface area contributed by atoms with Gasteiger partial charge in [-0.2, -0.15) is 0 Å². The first-order valence-corrected chi connectivity index (χ1v) is 4.65. The summed E-state index contributed by atoms with van der Waals surface area (Å²) in [6, 6.07) is 0. The fraction of sp³-hybridized carbons (Fsp3) is 0.778. The van der Waals surface area contributed by atoms with E-state index in [1.54, 1.807) is 7.05 Å². The average Bonchev–Trinajstić information content (AvgIpc) is 2.86. The topological polar surface area (TPSA) is 49.9 Å². The van der Waals surface area contributed by atoms with Gasteiger partial charge in [0.1, 0.15) is 0 Å². The zero-order valence-corrected chi connectivity index (χ0v) is 7.40. The molecule has 0 radical (unpaired) electrons. The van der Waals surface area contributed by atoms with Crippen LogP contribution in [0.5, 0.6) is 0 Å². The summed E-state index contributed by atoms with van der Waals surface area (Å²) in [7, 11) is 1.58. The van der Waals surface area contributed by atoms with Crippen LogP contribution in [0.15, 0.2) is 0 Å². The fourth-order valence-electron chi connectivity index (χ4n) is 2.57. The molecule has 2 heterocycles. The summed E-state index contributed by atoms with van der Waals surface area (Å²) in [5.74, 6) is -0.185. The quantitative estimate of drug-likeness (QED) is 0.383. The zero-order chi connectivity index (χ0) is 9.16. The van der Waals surface area contributed by atoms with E-state index in [1.165, 1.54) is 4.90 Å². The summed E-state index contributed by atoms with van der Waals surface area (Å²) in [6.45, 7) is 0. The van der Waals surface area contributed by atoms with Crippen LogP contribution in [0.25, 0.3) is 0 Å². The molecule has 0 spiro atoms. The number of carbonyl (C=O) groups excluding carboxylic acids is 2. The Morgan fingerprint density at radius 2 is 1.62 bits per heavy atom. The third-order valence-corrected chi connectivity index (χ3v) is 3.44. The number of ether oxygens (including phenoxy) is 1. The van der Waals surface area contributed by atoms with Gasteiger partial charge >= 0.3 is 0 Å². The summed E-state index contributed by atoms with van der Waals surface area (Å²) in [4.78, 5) is 24.4. The first-order chi connectivity index (χ1) is 6.18. The molecular weight excluding hydrogens is 170 g/mol. The Kier molecular flexibility index (Phi) is 1.22. The number of hydrogen-bond acceptors (Lipinski definition) is 3. The average molecular weight is 181 g/mol. The third-order valence-electron chi connectivity index (χ3n) is 3.44. The predicted octanol–water partition coefficient (Wildman–Crippen LogP) is -0.221. The van der Waals surface area contributed by atoms with Gasteiger partial charge in [-0.3, -0.25) is 14.5 Å². The van der Waals surface area contributed by atoms with Crippen molar-refractivity contribution in [2.75, 3.05) is 7.05 Å². The van der Waals surface area contributed by atoms with Crippen LogP contribution in [0.2, 0.25) is 0 Å². The molecule has 2 aliphatic heterocycles. The van der Waals surface area contributed by atoms with Crippen molar-refractivity contribution in [1.29, 1.82) is 0 Å². The molecule has 0 aromatic heterocycles. The van der Waals surface area contributed by atoms with Crippen LogP contribution < -0.4 is 0 Å². The molecule has 0 bridgehead atoms. The molecule has 4 nitrogen and oxygen atoms in total. The molecule has 0 aromatic carbocycles. The molecule has 3 rings (SSSR count). The van der Waals surface area contributed by atoms with Crippen molar-refractivity contribution in [2.24, 2.45) is 11.8 Å². The van der Waals surface area contributed by atoms with E-state index in [0.717, 1.165) is 12.8 Å². The van der Waals surface area contributed by atoms with Gasteiger partial charge in [-0.25, -0.2) is 0 Å². The van der Waals surface area contributed by atoms with E-state index in [-0.39, 0.29) is 35.9 Å². The highest BCUT2D eigenvalue weighted by Crippen LogP contribution is 2.46. The van der Waals surface area contributed by atoms with E-state index in [0.29, 0.717) is 0 Å². The van der Waals surface area contributed by atoms with Crippen molar-refractivity contribution in [3.8, 4) is 0 Å². The second-order valence-corrected chi connectivity index (χ2v) is 4.13. The number of carbonyl (C=O) groups is 2. The SMILES string of the molecule is CN1C(=O)C2CC3OC3CC2C1=O. The highest BCUT2D eigenvalue weighted by molar-refractivity contribution is 6.05. The number of fused-ring (bicyclic) bond motifs is 2. The van der Waals surface area contributed by atoms with E-state index < -0.39 is 0 Å². The molecule has 70 valence electrons. The van der Waals surface area contributed by atoms with Gasteiger partial charge in [-0.05, 0) is 12.8 Å². The lowest BCUT2D eigenvalue weighted by Gasteiger charge is -2.16. The summed E-state index contributed by atoms with van der Waals surface area (Å²) < 4.78 is 5.32. The van der Waals surface area contributed by atoms with Gasteiger partial charge in [0.2, 0.25) is 11.8 Å². The zero-order valence-electron chi connectivity index (χ0n) is 7.40. The van der Waals surface area contributed by atoms with E-state index >= 15 is 0 Å². The normalized spacial score (nSPS) is 47.6. The first kappa shape index (κ1) is 7.50. The Labute approximate surface area is 75.8 Å². The second kappa shape index (κ2) is 2.12. The molecule has 1 saturated carbocycles. The number of hydrogen-bond donors (Lipinski definition) is 0. The van der Waals surface area contributed by atoms with Crippen LogP contribution in [-0.4, -0.2) is 36.0 Å². The van der Waals surface area contributed by atoms with E-state index in [1.807, 2.05) is 0 Å². The standard InChI is InChI=1S/C9H11NO3/c1-10-8(11)4-2-6-7(13-6)3-5(4)9(10)12/h4-7H,2-3H2,1H3. The molecule has 2 saturated heterocycles. The van der Waals surface area contributed by atoms with Gasteiger partial charge in [0.15, 0.2) is 0 Å². The lowest BCUT2D eigenvalue weighted by atomic mass is 9.81. The molecule has 0 aromatic rings. The third kappa shape index (κ3) is 0.839. The highest BCUT2D eigenvalue weighted by atomic mass is 16.6. The summed E-state index contributed by atoms with van der Waals surface area (Å²) in [6.07, 6.45) is 2.04. The smallest absolute Gasteiger partial charge is 0.232 e. The van der Waals surface area contributed by atoms with Gasteiger partial charge in [0.25, 0.3) is 0 Å². The number of likely N-dealkylation sites (tertiary alicyclic amines) is 1. The Balaban J connectivity index is 1.92. The van der Waals surface area contributed by atoms with Gasteiger partial charge in [0, 0.05) is 7.05 Å². The Hall–Kier alpha value is -0.900. The van der Waals surface area contributed by atoms with Crippen LogP contribution in [0.4, 0.5) is 0 Å². The van der Waals surface area contributed by atoms with Crippen molar-refractivity contribution in [3.63, 3.8) is 0 Å². The monoisotopic (exact) mass is 181 g/mol. The summed E-state index contributed by atoms with van der Waals surface area (Å²) in [5, 5.41) is 0. The minimum Gasteiger partial charge on any atom is -0.370 e. The Bertz CT molecular complexity index is 273. The lowest BCUT2D eigenvalue weighted by Crippen LogP contribution is -2.26. The number of epoxide rings is 1. The van der Waals surface area contributed by atoms with Crippen LogP contribution in [0.3, 0.4) is 0 Å². The fourth-order valence-corrected chi connectivity index (χ4v) is 2.57. The number of amides is 2. The van der Waals surface area contributed by atoms with E-state index in [2.05, 4.69) is 0 Å². The number of imide groups is 1. The van der Waals surface area contributed by atoms with Crippen molar-refractivity contribution in [1.82, 2.24) is 4.90 Å². The Morgan fingerprint density at radius 3 is 2.08 bits per heavy atom. The van der Waals surface area contributed by atoms with Crippen LogP contribution in [0.1, 0.15) is 12.8 Å². The molecule has 0 N–H and O–H groups in total. The van der Waals surface area contributed by atoms with Crippen LogP contribution in [0, 0.1) is 11.8 Å². The number of rotatable bonds is 0. The van der Waals surface area contributed by atoms with Crippen LogP contribution in [-0.2, 0) is 14.3 Å². The number of nitrogens with zero attached hydrogens (tertiary/aromatic N) is 1. The van der Waals surface area contributed by atoms with Gasteiger partial charge < -0.3 is 4.74 Å². The minimum atomic E-state index is -0.0822. The molecule has 4 heteroatoms. The van der Waals surface area contributed by atoms with Gasteiger partial charge in [-0.15, -0.1) is 0 Å². The molecule has 2 amide bonds. The first-order valence-electron chi connectivity index (χ1n) is 4.65. The maximum Gasteiger partial charge on any atom is 0.232 e. The minimum absolute atomic E-state index is 0.0102. The largest absolute Gasteiger partial charge is 0.370 e. The van der Waals surface area contributed by atoms with Gasteiger partial charge in [-0.1, -0.05) is 0 Å². The summed E-state index contributed by atoms with van der Waals surface area (Å²) in [5.41, 5.74) is 0. The molecule has 13 heavy (non-hydrogen) atoms. The van der Waals surface area contributed by atoms with Crippen molar-refractivity contribution < 1.29 is 14.3 Å². The molecular formula is C9H11NO3. The highest BCUT2D eigenvalue weighted by Gasteiger charge is 2.57. The molecule has 4 unspecified atom stereocenters.